The minimum absolute atomic E-state index is 0. The monoisotopic (exact) mass is 918 g/mol. The van der Waals surface area contributed by atoms with E-state index in [1.807, 2.05) is 48.5 Å². The fourth-order valence-corrected chi connectivity index (χ4v) is 6.11. The number of rotatable bonds is 4. The molecule has 0 aliphatic heterocycles. The number of halogens is 2. The van der Waals surface area contributed by atoms with E-state index in [4.69, 9.17) is 17.7 Å². The second-order valence-electron chi connectivity index (χ2n) is 14.5. The third-order valence-electron chi connectivity index (χ3n) is 8.14. The molecular weight excluding hydrogens is 863 g/mol. The summed E-state index contributed by atoms with van der Waals surface area (Å²) in [5.74, 6) is 5.38. The first kappa shape index (κ1) is 53.5. The summed E-state index contributed by atoms with van der Waals surface area (Å²) in [6, 6.07) is 15.5. The summed E-state index contributed by atoms with van der Waals surface area (Å²) in [6.07, 6.45) is 29.1. The standard InChI is InChI=1S/4C11H11O.2C2H6Si.2ClH.2Ti/c4*1-8-6-9(2)10(7-8)11-4-3-5-12-11;2*1-3-2;;;;/h4*3-6,8H,1-2H3;2*1-2H3;2*1H;;/q4*-1;;;;;2*+2/p-2. The molecule has 0 saturated carbocycles. The zero-order chi connectivity index (χ0) is 41.4. The number of hydrogen-bond donors (Lipinski definition) is 0. The van der Waals surface area contributed by atoms with E-state index in [1.165, 1.54) is 22.3 Å². The summed E-state index contributed by atoms with van der Waals surface area (Å²) >= 11 is 4.54. The Morgan fingerprint density at radius 3 is 0.690 bits per heavy atom. The summed E-state index contributed by atoms with van der Waals surface area (Å²) < 4.78 is 21.2. The van der Waals surface area contributed by atoms with Crippen LogP contribution in [0.5, 0.6) is 0 Å². The van der Waals surface area contributed by atoms with Gasteiger partial charge in [0, 0.05) is 23.0 Å². The van der Waals surface area contributed by atoms with Crippen molar-refractivity contribution in [2.45, 2.75) is 81.6 Å². The molecule has 8 rings (SSSR count). The Hall–Kier alpha value is -2.52. The van der Waals surface area contributed by atoms with Gasteiger partial charge in [-0.25, -0.2) is 0 Å². The fourth-order valence-electron chi connectivity index (χ4n) is 6.11. The van der Waals surface area contributed by atoms with Crippen molar-refractivity contribution in [3.05, 3.63) is 168 Å². The predicted molar refractivity (Wildman–Crippen MR) is 228 cm³/mol. The summed E-state index contributed by atoms with van der Waals surface area (Å²) in [7, 11) is 0. The summed E-state index contributed by atoms with van der Waals surface area (Å²) in [6.45, 7) is 25.9. The molecule has 4 aromatic heterocycles. The molecule has 4 atom stereocenters. The maximum Gasteiger partial charge on any atom is -1.00 e. The van der Waals surface area contributed by atoms with Gasteiger partial charge < -0.3 is 42.5 Å². The van der Waals surface area contributed by atoms with Crippen LogP contribution in [-0.4, -0.2) is 12.4 Å². The second kappa shape index (κ2) is 27.4. The number of hydrogen-bond acceptors (Lipinski definition) is 4. The summed E-state index contributed by atoms with van der Waals surface area (Å²) in [5.41, 5.74) is 9.52. The molecule has 4 aliphatic rings. The van der Waals surface area contributed by atoms with Gasteiger partial charge in [0.25, 0.3) is 0 Å². The van der Waals surface area contributed by atoms with Crippen molar-refractivity contribution in [1.29, 1.82) is 0 Å². The van der Waals surface area contributed by atoms with Crippen LogP contribution in [0.4, 0.5) is 0 Å². The molecule has 4 nitrogen and oxygen atoms in total. The van der Waals surface area contributed by atoms with Gasteiger partial charge in [0.15, 0.2) is 0 Å². The number of allylic oxidation sites excluding steroid dienone is 16. The van der Waals surface area contributed by atoms with Gasteiger partial charge in [-0.3, -0.25) is 0 Å². The van der Waals surface area contributed by atoms with Crippen LogP contribution in [0, 0.1) is 48.0 Å². The van der Waals surface area contributed by atoms with E-state index < -0.39 is 0 Å². The molecule has 4 unspecified atom stereocenters. The minimum Gasteiger partial charge on any atom is -1.00 e. The number of furan rings is 4. The van der Waals surface area contributed by atoms with Crippen LogP contribution in [0.1, 0.15) is 78.4 Å². The molecule has 4 heterocycles. The van der Waals surface area contributed by atoms with Gasteiger partial charge in [-0.05, 0) is 24.3 Å². The van der Waals surface area contributed by atoms with Crippen molar-refractivity contribution >= 4 is 34.7 Å². The Morgan fingerprint density at radius 2 is 0.586 bits per heavy atom. The van der Waals surface area contributed by atoms with Crippen LogP contribution >= 0.6 is 0 Å². The van der Waals surface area contributed by atoms with E-state index >= 15 is 0 Å². The van der Waals surface area contributed by atoms with E-state index in [-0.39, 0.29) is 37.2 Å². The Bertz CT molecular complexity index is 1810. The van der Waals surface area contributed by atoms with Crippen LogP contribution < -0.4 is 24.8 Å². The average molecular weight is 920 g/mol. The molecule has 0 bridgehead atoms. The first-order chi connectivity index (χ1) is 26.5. The maximum absolute atomic E-state index is 5.30. The van der Waals surface area contributed by atoms with Crippen molar-refractivity contribution < 1.29 is 80.8 Å². The Balaban J connectivity index is 0.000000360. The maximum atomic E-state index is 5.30. The summed E-state index contributed by atoms with van der Waals surface area (Å²) in [4.78, 5) is 0. The van der Waals surface area contributed by atoms with Crippen molar-refractivity contribution in [3.8, 4) is 0 Å². The van der Waals surface area contributed by atoms with Gasteiger partial charge in [0.05, 0.1) is 25.1 Å². The smallest absolute Gasteiger partial charge is 1.00 e. The van der Waals surface area contributed by atoms with Gasteiger partial charge in [0.1, 0.15) is 0 Å². The van der Waals surface area contributed by atoms with Gasteiger partial charge in [-0.15, -0.1) is 24.3 Å². The van der Waals surface area contributed by atoms with Crippen LogP contribution in [0.25, 0.3) is 22.3 Å². The van der Waals surface area contributed by atoms with Crippen LogP contribution in [0.3, 0.4) is 0 Å². The van der Waals surface area contributed by atoms with Gasteiger partial charge in [0.2, 0.25) is 0 Å². The van der Waals surface area contributed by atoms with E-state index in [9.17, 15) is 0 Å². The van der Waals surface area contributed by atoms with E-state index in [0.29, 0.717) is 23.7 Å². The van der Waals surface area contributed by atoms with E-state index in [2.05, 4.69) is 169 Å². The third kappa shape index (κ3) is 18.4. The molecule has 0 amide bonds. The molecular formula is C48H56Cl2O4Si2Ti2-2. The molecule has 0 aromatic carbocycles. The van der Waals surface area contributed by atoms with Crippen molar-refractivity contribution in [1.82, 2.24) is 0 Å². The van der Waals surface area contributed by atoms with Gasteiger partial charge >= 0.3 is 76.9 Å². The van der Waals surface area contributed by atoms with Crippen LogP contribution in [0.2, 0.25) is 26.2 Å². The average Bonchev–Trinajstić information content (AvgIpc) is 3.95. The van der Waals surface area contributed by atoms with E-state index in [1.54, 1.807) is 25.1 Å². The fraction of sp³-hybridized carbons (Fsp3) is 0.333. The molecule has 4 aliphatic carbocycles. The summed E-state index contributed by atoms with van der Waals surface area (Å²) in [5, 5.41) is 0. The second-order valence-corrected chi connectivity index (χ2v) is 27.9. The van der Waals surface area contributed by atoms with Gasteiger partial charge in [-0.1, -0.05) is 103 Å². The SMILES string of the molecule is CC1=CC(C)[C-]=C1c1ccco1.CC1=CC(C)[C-]=C1c1ccco1.CC1=CC(C)[C-]=C1c1ccco1.CC1=CC(C)[C-]=C1c1ccco1.C[Si](C)=[Ti+2].C[Si](C)=[Ti+2].[Cl-].[Cl-]. The normalized spacial score (nSPS) is 19.4. The van der Waals surface area contributed by atoms with E-state index in [0.717, 1.165) is 45.3 Å². The zero-order valence-electron chi connectivity index (χ0n) is 35.9. The van der Waals surface area contributed by atoms with Crippen molar-refractivity contribution in [3.63, 3.8) is 0 Å². The zero-order valence-corrected chi connectivity index (χ0v) is 42.6. The molecule has 0 spiro atoms. The first-order valence-electron chi connectivity index (χ1n) is 19.0. The Morgan fingerprint density at radius 1 is 0.414 bits per heavy atom. The molecule has 0 saturated heterocycles. The molecule has 58 heavy (non-hydrogen) atoms. The molecule has 0 radical (unpaired) electrons. The van der Waals surface area contributed by atoms with Gasteiger partial charge in [-0.2, -0.15) is 68.9 Å². The largest absolute Gasteiger partial charge is 1.00 e. The Labute approximate surface area is 385 Å². The minimum atomic E-state index is 0. The predicted octanol–water partition coefficient (Wildman–Crippen LogP) is 7.83. The topological polar surface area (TPSA) is 52.6 Å². The first-order valence-corrected chi connectivity index (χ1v) is 28.7. The van der Waals surface area contributed by atoms with Crippen molar-refractivity contribution in [2.75, 3.05) is 0 Å². The van der Waals surface area contributed by atoms with Crippen LogP contribution in [-0.2, 0) is 38.3 Å². The quantitative estimate of drug-likeness (QED) is 0.155. The molecule has 304 valence electrons. The molecule has 4 aromatic rings. The van der Waals surface area contributed by atoms with Crippen LogP contribution in [0.15, 0.2) is 138 Å². The molecule has 10 heteroatoms. The Kier molecular flexibility index (Phi) is 25.2. The molecule has 0 fully saturated rings. The van der Waals surface area contributed by atoms with Crippen molar-refractivity contribution in [2.24, 2.45) is 23.7 Å². The third-order valence-corrected chi connectivity index (χ3v) is 8.14. The molecule has 0 N–H and O–H groups in total.